The summed E-state index contributed by atoms with van der Waals surface area (Å²) in [5, 5.41) is 3.59. The average Bonchev–Trinajstić information content (AvgIpc) is 2.26. The van der Waals surface area contributed by atoms with Gasteiger partial charge in [0.15, 0.2) is 0 Å². The van der Waals surface area contributed by atoms with Crippen LogP contribution in [-0.4, -0.2) is 37.5 Å². The van der Waals surface area contributed by atoms with E-state index in [-0.39, 0.29) is 5.91 Å². The van der Waals surface area contributed by atoms with E-state index < -0.39 is 0 Å². The second-order valence-corrected chi connectivity index (χ2v) is 5.21. The Morgan fingerprint density at radius 2 is 2.00 bits per heavy atom. The zero-order valence-electron chi connectivity index (χ0n) is 11.0. The summed E-state index contributed by atoms with van der Waals surface area (Å²) in [5.41, 5.74) is 0. The molecule has 16 heavy (non-hydrogen) atoms. The molecule has 3 nitrogen and oxygen atoms in total. The van der Waals surface area contributed by atoms with Crippen molar-refractivity contribution in [1.82, 2.24) is 10.2 Å². The Labute approximate surface area is 99.6 Å². The molecule has 0 saturated heterocycles. The van der Waals surface area contributed by atoms with Crippen LogP contribution in [0.25, 0.3) is 0 Å². The molecule has 1 fully saturated rings. The van der Waals surface area contributed by atoms with Crippen molar-refractivity contribution in [3.8, 4) is 0 Å². The van der Waals surface area contributed by atoms with Gasteiger partial charge in [-0.05, 0) is 31.7 Å². The maximum atomic E-state index is 11.4. The number of carbonyl (C=O) groups excluding carboxylic acids is 1. The highest BCUT2D eigenvalue weighted by Crippen LogP contribution is 2.23. The Balaban J connectivity index is 2.08. The molecule has 0 aromatic rings. The van der Waals surface area contributed by atoms with Crippen LogP contribution in [0.15, 0.2) is 0 Å². The highest BCUT2D eigenvalue weighted by Gasteiger charge is 2.20. The van der Waals surface area contributed by atoms with Crippen LogP contribution < -0.4 is 5.32 Å². The van der Waals surface area contributed by atoms with E-state index in [2.05, 4.69) is 12.2 Å². The third kappa shape index (κ3) is 4.52. The van der Waals surface area contributed by atoms with Gasteiger partial charge in [-0.3, -0.25) is 4.79 Å². The second kappa shape index (κ2) is 6.89. The molecule has 0 radical (unpaired) electrons. The van der Waals surface area contributed by atoms with Gasteiger partial charge in [-0.25, -0.2) is 0 Å². The Morgan fingerprint density at radius 1 is 1.31 bits per heavy atom. The standard InChI is InChI=1S/C13H26N2O/c1-11-7-4-5-8-12(11)14-10-6-9-13(16)15(2)3/h11-12,14H,4-10H2,1-3H3. The van der Waals surface area contributed by atoms with Crippen molar-refractivity contribution < 1.29 is 4.79 Å². The van der Waals surface area contributed by atoms with Crippen molar-refractivity contribution >= 4 is 5.91 Å². The Bertz CT molecular complexity index is 216. The Hall–Kier alpha value is -0.570. The van der Waals surface area contributed by atoms with E-state index in [0.717, 1.165) is 18.9 Å². The maximum absolute atomic E-state index is 11.4. The summed E-state index contributed by atoms with van der Waals surface area (Å²) < 4.78 is 0. The number of amides is 1. The maximum Gasteiger partial charge on any atom is 0.222 e. The highest BCUT2D eigenvalue weighted by atomic mass is 16.2. The topological polar surface area (TPSA) is 32.3 Å². The molecular formula is C13H26N2O. The van der Waals surface area contributed by atoms with Crippen LogP contribution in [0.3, 0.4) is 0 Å². The third-order valence-corrected chi connectivity index (χ3v) is 3.58. The molecule has 2 unspecified atom stereocenters. The van der Waals surface area contributed by atoms with Crippen LogP contribution >= 0.6 is 0 Å². The first-order valence-electron chi connectivity index (χ1n) is 6.55. The van der Waals surface area contributed by atoms with Crippen molar-refractivity contribution in [1.29, 1.82) is 0 Å². The SMILES string of the molecule is CC1CCCCC1NCCCC(=O)N(C)C. The minimum absolute atomic E-state index is 0.235. The van der Waals surface area contributed by atoms with Gasteiger partial charge in [0.05, 0.1) is 0 Å². The van der Waals surface area contributed by atoms with Crippen LogP contribution in [0, 0.1) is 5.92 Å². The summed E-state index contributed by atoms with van der Waals surface area (Å²) in [4.78, 5) is 13.0. The summed E-state index contributed by atoms with van der Waals surface area (Å²) in [5.74, 6) is 1.04. The minimum Gasteiger partial charge on any atom is -0.349 e. The molecule has 2 atom stereocenters. The molecule has 3 heteroatoms. The first kappa shape index (κ1) is 13.5. The lowest BCUT2D eigenvalue weighted by atomic mass is 9.86. The normalized spacial score (nSPS) is 25.4. The summed E-state index contributed by atoms with van der Waals surface area (Å²) in [6, 6.07) is 0.684. The highest BCUT2D eigenvalue weighted by molar-refractivity contribution is 5.75. The minimum atomic E-state index is 0.235. The zero-order chi connectivity index (χ0) is 12.0. The molecule has 1 amide bonds. The summed E-state index contributed by atoms with van der Waals surface area (Å²) in [6.07, 6.45) is 7.04. The first-order valence-corrected chi connectivity index (χ1v) is 6.55. The molecule has 0 aromatic heterocycles. The van der Waals surface area contributed by atoms with Gasteiger partial charge in [-0.1, -0.05) is 19.8 Å². The van der Waals surface area contributed by atoms with E-state index in [1.165, 1.54) is 25.7 Å². The van der Waals surface area contributed by atoms with Gasteiger partial charge in [0.25, 0.3) is 0 Å². The molecule has 0 aliphatic heterocycles. The molecule has 1 aliphatic rings. The quantitative estimate of drug-likeness (QED) is 0.727. The number of hydrogen-bond acceptors (Lipinski definition) is 2. The number of nitrogens with one attached hydrogen (secondary N) is 1. The van der Waals surface area contributed by atoms with Crippen molar-refractivity contribution in [3.63, 3.8) is 0 Å². The predicted molar refractivity (Wildman–Crippen MR) is 67.4 cm³/mol. The van der Waals surface area contributed by atoms with Crippen molar-refractivity contribution in [3.05, 3.63) is 0 Å². The van der Waals surface area contributed by atoms with Gasteiger partial charge in [-0.15, -0.1) is 0 Å². The van der Waals surface area contributed by atoms with Crippen LogP contribution in [-0.2, 0) is 4.79 Å². The van der Waals surface area contributed by atoms with Crippen LogP contribution in [0.2, 0.25) is 0 Å². The van der Waals surface area contributed by atoms with E-state index >= 15 is 0 Å². The third-order valence-electron chi connectivity index (χ3n) is 3.58. The molecule has 94 valence electrons. The Kier molecular flexibility index (Phi) is 5.81. The molecule has 0 spiro atoms. The monoisotopic (exact) mass is 226 g/mol. The van der Waals surface area contributed by atoms with E-state index in [0.29, 0.717) is 12.5 Å². The van der Waals surface area contributed by atoms with E-state index in [1.54, 1.807) is 4.90 Å². The fourth-order valence-electron chi connectivity index (χ4n) is 2.37. The van der Waals surface area contributed by atoms with Crippen molar-refractivity contribution in [2.24, 2.45) is 5.92 Å². The summed E-state index contributed by atoms with van der Waals surface area (Å²) in [6.45, 7) is 3.32. The van der Waals surface area contributed by atoms with Gasteiger partial charge in [-0.2, -0.15) is 0 Å². The number of carbonyl (C=O) groups is 1. The van der Waals surface area contributed by atoms with Gasteiger partial charge in [0, 0.05) is 26.6 Å². The lowest BCUT2D eigenvalue weighted by Gasteiger charge is -2.29. The predicted octanol–water partition coefficient (Wildman–Crippen LogP) is 2.02. The van der Waals surface area contributed by atoms with Gasteiger partial charge in [0.2, 0.25) is 5.91 Å². The molecule has 1 N–H and O–H groups in total. The number of nitrogens with zero attached hydrogens (tertiary/aromatic N) is 1. The molecule has 0 aromatic carbocycles. The fourth-order valence-corrected chi connectivity index (χ4v) is 2.37. The zero-order valence-corrected chi connectivity index (χ0v) is 11.0. The molecular weight excluding hydrogens is 200 g/mol. The molecule has 0 heterocycles. The summed E-state index contributed by atoms with van der Waals surface area (Å²) in [7, 11) is 3.64. The lowest BCUT2D eigenvalue weighted by molar-refractivity contribution is -0.128. The largest absolute Gasteiger partial charge is 0.349 e. The molecule has 0 bridgehead atoms. The van der Waals surface area contributed by atoms with Gasteiger partial charge in [0.1, 0.15) is 0 Å². The fraction of sp³-hybridized carbons (Fsp3) is 0.923. The van der Waals surface area contributed by atoms with E-state index in [1.807, 2.05) is 14.1 Å². The first-order chi connectivity index (χ1) is 7.61. The van der Waals surface area contributed by atoms with E-state index in [9.17, 15) is 4.79 Å². The van der Waals surface area contributed by atoms with Gasteiger partial charge < -0.3 is 10.2 Å². The molecule has 1 rings (SSSR count). The Morgan fingerprint density at radius 3 is 2.62 bits per heavy atom. The van der Waals surface area contributed by atoms with Crippen LogP contribution in [0.5, 0.6) is 0 Å². The lowest BCUT2D eigenvalue weighted by Crippen LogP contribution is -2.38. The second-order valence-electron chi connectivity index (χ2n) is 5.21. The number of hydrogen-bond donors (Lipinski definition) is 1. The van der Waals surface area contributed by atoms with Gasteiger partial charge >= 0.3 is 0 Å². The molecule has 1 saturated carbocycles. The smallest absolute Gasteiger partial charge is 0.222 e. The molecule has 1 aliphatic carbocycles. The van der Waals surface area contributed by atoms with Crippen LogP contribution in [0.1, 0.15) is 45.4 Å². The average molecular weight is 226 g/mol. The number of rotatable bonds is 5. The summed E-state index contributed by atoms with van der Waals surface area (Å²) >= 11 is 0. The van der Waals surface area contributed by atoms with E-state index in [4.69, 9.17) is 0 Å². The van der Waals surface area contributed by atoms with Crippen LogP contribution in [0.4, 0.5) is 0 Å². The van der Waals surface area contributed by atoms with Crippen molar-refractivity contribution in [2.45, 2.75) is 51.5 Å². The van der Waals surface area contributed by atoms with Crippen molar-refractivity contribution in [2.75, 3.05) is 20.6 Å².